The molecular formula is C11H24NOP. The summed E-state index contributed by atoms with van der Waals surface area (Å²) in [5, 5.41) is 3.24. The van der Waals surface area contributed by atoms with E-state index in [0.29, 0.717) is 5.92 Å². The lowest BCUT2D eigenvalue weighted by atomic mass is 9.83. The second-order valence-corrected chi connectivity index (χ2v) is 9.39. The van der Waals surface area contributed by atoms with Crippen LogP contribution in [0, 0.1) is 5.92 Å². The van der Waals surface area contributed by atoms with Crippen molar-refractivity contribution in [2.75, 3.05) is 6.54 Å². The Balaban J connectivity index is 2.91. The Morgan fingerprint density at radius 1 is 1.21 bits per heavy atom. The van der Waals surface area contributed by atoms with E-state index in [9.17, 15) is 4.57 Å². The third-order valence-corrected chi connectivity index (χ3v) is 9.02. The van der Waals surface area contributed by atoms with Crippen LogP contribution in [0.5, 0.6) is 0 Å². The van der Waals surface area contributed by atoms with Crippen LogP contribution in [0.15, 0.2) is 0 Å². The topological polar surface area (TPSA) is 29.1 Å². The summed E-state index contributed by atoms with van der Waals surface area (Å²) in [5.74, 6) is 0.519. The highest BCUT2D eigenvalue weighted by molar-refractivity contribution is 7.66. The zero-order valence-electron chi connectivity index (χ0n) is 10.3. The first-order valence-corrected chi connectivity index (χ1v) is 7.28. The lowest BCUT2D eigenvalue weighted by Crippen LogP contribution is -2.61. The summed E-state index contributed by atoms with van der Waals surface area (Å²) in [5.41, 5.74) is 0. The molecule has 1 rings (SSSR count). The molecule has 0 aliphatic carbocycles. The van der Waals surface area contributed by atoms with Crippen molar-refractivity contribution in [3.8, 4) is 0 Å². The number of hydrogen-bond donors (Lipinski definition) is 1. The zero-order valence-corrected chi connectivity index (χ0v) is 11.2. The molecule has 0 spiro atoms. The molecule has 2 nitrogen and oxygen atoms in total. The molecule has 0 atom stereocenters. The Kier molecular flexibility index (Phi) is 2.93. The normalized spacial score (nSPS) is 39.1. The Hall–Kier alpha value is 0.190. The van der Waals surface area contributed by atoms with Crippen molar-refractivity contribution in [3.05, 3.63) is 0 Å². The van der Waals surface area contributed by atoms with E-state index < -0.39 is 7.29 Å². The average Bonchev–Trinajstić information content (AvgIpc) is 2.11. The van der Waals surface area contributed by atoms with Gasteiger partial charge in [-0.05, 0) is 12.3 Å². The highest BCUT2D eigenvalue weighted by Crippen LogP contribution is 2.79. The minimum atomic E-state index is -2.22. The second kappa shape index (κ2) is 3.35. The molecule has 0 radical (unpaired) electrons. The summed E-state index contributed by atoms with van der Waals surface area (Å²) in [6.45, 7) is 13.7. The van der Waals surface area contributed by atoms with Crippen molar-refractivity contribution in [2.24, 2.45) is 5.92 Å². The molecule has 0 bridgehead atoms. The Bertz CT molecular complexity index is 250. The molecule has 0 aromatic heterocycles. The van der Waals surface area contributed by atoms with Crippen molar-refractivity contribution in [1.82, 2.24) is 5.09 Å². The molecule has 1 heterocycles. The minimum absolute atomic E-state index is 0.0360. The largest absolute Gasteiger partial charge is 0.306 e. The van der Waals surface area contributed by atoms with E-state index in [-0.39, 0.29) is 10.3 Å². The smallest absolute Gasteiger partial charge is 0.159 e. The van der Waals surface area contributed by atoms with Gasteiger partial charge in [0.25, 0.3) is 0 Å². The zero-order chi connectivity index (χ0) is 11.2. The molecule has 0 unspecified atom stereocenters. The molecule has 1 saturated heterocycles. The molecule has 3 heteroatoms. The molecule has 1 aliphatic heterocycles. The van der Waals surface area contributed by atoms with Crippen LogP contribution in [0.1, 0.15) is 48.0 Å². The fourth-order valence-electron chi connectivity index (χ4n) is 2.76. The third-order valence-electron chi connectivity index (χ3n) is 4.33. The maximum absolute atomic E-state index is 12.8. The Morgan fingerprint density at radius 3 is 2.00 bits per heavy atom. The van der Waals surface area contributed by atoms with E-state index in [1.54, 1.807) is 0 Å². The fraction of sp³-hybridized carbons (Fsp3) is 1.00. The van der Waals surface area contributed by atoms with Gasteiger partial charge in [0.05, 0.1) is 0 Å². The van der Waals surface area contributed by atoms with Gasteiger partial charge in [-0.2, -0.15) is 0 Å². The van der Waals surface area contributed by atoms with Crippen LogP contribution in [0.2, 0.25) is 0 Å². The summed E-state index contributed by atoms with van der Waals surface area (Å²) in [6.07, 6.45) is 1.05. The van der Waals surface area contributed by atoms with Gasteiger partial charge in [-0.15, -0.1) is 0 Å². The second-order valence-electron chi connectivity index (χ2n) is 5.55. The third kappa shape index (κ3) is 1.23. The predicted molar refractivity (Wildman–Crippen MR) is 63.2 cm³/mol. The van der Waals surface area contributed by atoms with Crippen LogP contribution in [0.4, 0.5) is 0 Å². The summed E-state index contributed by atoms with van der Waals surface area (Å²) in [4.78, 5) is 0. The Labute approximate surface area is 88.3 Å². The first-order chi connectivity index (χ1) is 6.22. The molecule has 14 heavy (non-hydrogen) atoms. The van der Waals surface area contributed by atoms with Crippen molar-refractivity contribution in [2.45, 2.75) is 58.3 Å². The van der Waals surface area contributed by atoms with Gasteiger partial charge in [0, 0.05) is 16.9 Å². The maximum Gasteiger partial charge on any atom is 0.159 e. The SMILES string of the molecule is CCCNP1(=O)C(C)(C)C(C)C1(C)C. The number of rotatable bonds is 3. The molecule has 0 aromatic rings. The lowest BCUT2D eigenvalue weighted by molar-refractivity contribution is 0.262. The van der Waals surface area contributed by atoms with Gasteiger partial charge in [0.2, 0.25) is 0 Å². The average molecular weight is 217 g/mol. The van der Waals surface area contributed by atoms with Crippen molar-refractivity contribution in [1.29, 1.82) is 0 Å². The predicted octanol–water partition coefficient (Wildman–Crippen LogP) is 3.47. The van der Waals surface area contributed by atoms with Crippen LogP contribution in [-0.4, -0.2) is 16.9 Å². The van der Waals surface area contributed by atoms with E-state index in [2.05, 4.69) is 46.6 Å². The van der Waals surface area contributed by atoms with Crippen LogP contribution < -0.4 is 5.09 Å². The highest BCUT2D eigenvalue weighted by atomic mass is 31.2. The van der Waals surface area contributed by atoms with Crippen LogP contribution in [-0.2, 0) is 4.57 Å². The first-order valence-electron chi connectivity index (χ1n) is 5.57. The summed E-state index contributed by atoms with van der Waals surface area (Å²) in [7, 11) is -2.22. The standard InChI is InChI=1S/C11H24NOP/c1-7-8-12-14(13)10(3,4)9(2)11(14,5)6/h9H,7-8H2,1-6H3,(H,12,13). The van der Waals surface area contributed by atoms with E-state index in [0.717, 1.165) is 13.0 Å². The molecule has 0 amide bonds. The monoisotopic (exact) mass is 217 g/mol. The van der Waals surface area contributed by atoms with Crippen molar-refractivity contribution < 1.29 is 4.57 Å². The highest BCUT2D eigenvalue weighted by Gasteiger charge is 2.67. The molecule has 0 aromatic carbocycles. The number of hydrogen-bond acceptors (Lipinski definition) is 1. The number of nitrogens with one attached hydrogen (secondary N) is 1. The van der Waals surface area contributed by atoms with Gasteiger partial charge < -0.3 is 4.57 Å². The van der Waals surface area contributed by atoms with Gasteiger partial charge in [-0.1, -0.05) is 41.5 Å². The summed E-state index contributed by atoms with van der Waals surface area (Å²) in [6, 6.07) is 0. The van der Waals surface area contributed by atoms with E-state index >= 15 is 0 Å². The minimum Gasteiger partial charge on any atom is -0.306 e. The Morgan fingerprint density at radius 2 is 1.64 bits per heavy atom. The van der Waals surface area contributed by atoms with Gasteiger partial charge in [0.1, 0.15) is 0 Å². The summed E-state index contributed by atoms with van der Waals surface area (Å²) < 4.78 is 12.8. The van der Waals surface area contributed by atoms with Crippen molar-refractivity contribution >= 4 is 7.29 Å². The van der Waals surface area contributed by atoms with Gasteiger partial charge in [-0.3, -0.25) is 5.09 Å². The van der Waals surface area contributed by atoms with Crippen molar-refractivity contribution in [3.63, 3.8) is 0 Å². The van der Waals surface area contributed by atoms with Gasteiger partial charge in [-0.25, -0.2) is 0 Å². The lowest BCUT2D eigenvalue weighted by Gasteiger charge is -2.62. The molecule has 1 N–H and O–H groups in total. The molecule has 1 fully saturated rings. The van der Waals surface area contributed by atoms with Crippen LogP contribution in [0.3, 0.4) is 0 Å². The van der Waals surface area contributed by atoms with E-state index in [1.165, 1.54) is 0 Å². The van der Waals surface area contributed by atoms with Crippen LogP contribution in [0.25, 0.3) is 0 Å². The first kappa shape index (κ1) is 12.3. The van der Waals surface area contributed by atoms with Gasteiger partial charge >= 0.3 is 0 Å². The van der Waals surface area contributed by atoms with E-state index in [4.69, 9.17) is 0 Å². The summed E-state index contributed by atoms with van der Waals surface area (Å²) >= 11 is 0. The fourth-order valence-corrected chi connectivity index (χ4v) is 7.13. The molecule has 84 valence electrons. The molecular weight excluding hydrogens is 193 g/mol. The quantitative estimate of drug-likeness (QED) is 0.733. The van der Waals surface area contributed by atoms with Crippen LogP contribution >= 0.6 is 7.29 Å². The maximum atomic E-state index is 12.8. The molecule has 0 saturated carbocycles. The van der Waals surface area contributed by atoms with Gasteiger partial charge in [0.15, 0.2) is 7.29 Å². The molecule has 1 aliphatic rings. The van der Waals surface area contributed by atoms with E-state index in [1.807, 2.05) is 0 Å².